The van der Waals surface area contributed by atoms with Gasteiger partial charge in [-0.2, -0.15) is 4.31 Å². The number of Topliss-reactive ketones (excluding diaryl/α,β-unsaturated/α-hetero) is 1. The number of fused-ring (bicyclic) bond motifs is 1. The van der Waals surface area contributed by atoms with Crippen LogP contribution in [0.15, 0.2) is 43.0 Å². The van der Waals surface area contributed by atoms with Gasteiger partial charge in [0.25, 0.3) is 0 Å². The highest BCUT2D eigenvalue weighted by Crippen LogP contribution is 2.61. The predicted octanol–water partition coefficient (Wildman–Crippen LogP) is -0.0623. The van der Waals surface area contributed by atoms with Crippen molar-refractivity contribution in [3.63, 3.8) is 0 Å². The summed E-state index contributed by atoms with van der Waals surface area (Å²) in [4.78, 5) is 99.9. The van der Waals surface area contributed by atoms with Crippen LogP contribution in [0.25, 0.3) is 11.2 Å². The molecule has 1 aromatic carbocycles. The summed E-state index contributed by atoms with van der Waals surface area (Å²) < 4.78 is 62.1. The van der Waals surface area contributed by atoms with Crippen molar-refractivity contribution < 1.29 is 85.3 Å². The lowest BCUT2D eigenvalue weighted by Crippen LogP contribution is -2.46. The smallest absolute Gasteiger partial charge is 0.386 e. The second kappa shape index (κ2) is 20.3. The van der Waals surface area contributed by atoms with Crippen molar-refractivity contribution in [2.75, 3.05) is 37.8 Å². The van der Waals surface area contributed by atoms with Crippen LogP contribution in [0, 0.1) is 5.41 Å². The number of nitrogens with zero attached hydrogens (tertiary/aromatic N) is 4. The van der Waals surface area contributed by atoms with Gasteiger partial charge in [0.2, 0.25) is 11.8 Å². The van der Waals surface area contributed by atoms with E-state index in [1.807, 2.05) is 0 Å². The number of thioether (sulfide) groups is 1. The Bertz CT molecular complexity index is 2130. The molecule has 1 saturated heterocycles. The fraction of sp³-hybridized carbons (Fsp3) is 0.500. The van der Waals surface area contributed by atoms with Gasteiger partial charge in [0.05, 0.1) is 26.0 Å². The monoisotopic (exact) mass is 913 g/mol. The van der Waals surface area contributed by atoms with E-state index in [2.05, 4.69) is 34.4 Å². The minimum atomic E-state index is -5.59. The first kappa shape index (κ1) is 48.1. The van der Waals surface area contributed by atoms with E-state index < -0.39 is 84.6 Å². The molecule has 0 spiro atoms. The molecule has 3 aromatic rings. The van der Waals surface area contributed by atoms with Gasteiger partial charge in [-0.25, -0.2) is 28.6 Å². The van der Waals surface area contributed by atoms with Gasteiger partial charge in [0.1, 0.15) is 36.3 Å². The first-order chi connectivity index (χ1) is 27.5. The molecular formula is C30H42N7O18P3S. The van der Waals surface area contributed by atoms with Crippen molar-refractivity contribution >= 4 is 74.9 Å². The number of aliphatic hydroxyl groups is 2. The maximum atomic E-state index is 12.7. The van der Waals surface area contributed by atoms with Crippen molar-refractivity contribution in [1.82, 2.24) is 30.2 Å². The van der Waals surface area contributed by atoms with E-state index in [9.17, 15) is 62.7 Å². The van der Waals surface area contributed by atoms with E-state index in [4.69, 9.17) is 19.5 Å². The van der Waals surface area contributed by atoms with Crippen LogP contribution in [0.5, 0.6) is 0 Å². The third-order valence-electron chi connectivity index (χ3n) is 8.17. The van der Waals surface area contributed by atoms with Crippen LogP contribution in [0.3, 0.4) is 0 Å². The lowest BCUT2D eigenvalue weighted by atomic mass is 9.87. The van der Waals surface area contributed by atoms with E-state index in [1.165, 1.54) is 13.8 Å². The molecule has 3 heterocycles. The van der Waals surface area contributed by atoms with Crippen molar-refractivity contribution in [2.45, 2.75) is 57.3 Å². The summed E-state index contributed by atoms with van der Waals surface area (Å²) in [6.07, 6.45) is -7.36. The average molecular weight is 914 g/mol. The van der Waals surface area contributed by atoms with Gasteiger partial charge in [-0.05, 0) is 0 Å². The molecule has 2 unspecified atom stereocenters. The number of benzene rings is 1. The summed E-state index contributed by atoms with van der Waals surface area (Å²) in [7, 11) is -16.4. The fourth-order valence-corrected chi connectivity index (χ4v) is 8.70. The lowest BCUT2D eigenvalue weighted by molar-refractivity contribution is -0.137. The minimum Gasteiger partial charge on any atom is -0.386 e. The van der Waals surface area contributed by atoms with Gasteiger partial charge >= 0.3 is 23.5 Å². The van der Waals surface area contributed by atoms with Crippen LogP contribution in [0.1, 0.15) is 43.3 Å². The maximum Gasteiger partial charge on any atom is 0.481 e. The van der Waals surface area contributed by atoms with Crippen LogP contribution >= 0.6 is 35.2 Å². The molecule has 25 nitrogen and oxygen atoms in total. The number of aliphatic hydroxyl groups excluding tert-OH is 2. The van der Waals surface area contributed by atoms with Crippen LogP contribution in [0.2, 0.25) is 0 Å². The molecule has 0 saturated carbocycles. The number of phosphoric acid groups is 3. The Balaban J connectivity index is 1.20. The number of nitrogen functional groups attached to an aromatic ring is 1. The molecule has 29 heteroatoms. The van der Waals surface area contributed by atoms with Crippen LogP contribution in [0.4, 0.5) is 5.82 Å². The largest absolute Gasteiger partial charge is 0.481 e. The second-order valence-corrected chi connectivity index (χ2v) is 18.6. The zero-order chi connectivity index (χ0) is 43.8. The van der Waals surface area contributed by atoms with E-state index in [-0.39, 0.29) is 59.6 Å². The molecule has 4 rings (SSSR count). The van der Waals surface area contributed by atoms with Crippen molar-refractivity contribution in [3.05, 3.63) is 48.5 Å². The Morgan fingerprint density at radius 3 is 2.36 bits per heavy atom. The van der Waals surface area contributed by atoms with Gasteiger partial charge in [-0.15, -0.1) is 0 Å². The minimum absolute atomic E-state index is 0.0225. The van der Waals surface area contributed by atoms with E-state index in [0.29, 0.717) is 5.56 Å². The Morgan fingerprint density at radius 1 is 1.00 bits per heavy atom. The fourth-order valence-electron chi connectivity index (χ4n) is 5.20. The number of rotatable bonds is 22. The number of ketones is 1. The molecule has 7 atom stereocenters. The number of ether oxygens (including phenoxy) is 1. The molecule has 59 heavy (non-hydrogen) atoms. The van der Waals surface area contributed by atoms with E-state index >= 15 is 0 Å². The molecule has 2 amide bonds. The Hall–Kier alpha value is -3.55. The SMILES string of the molecule is CC(C)(COP(=O)(O)OP(=O)(O)OC[C@H]1O[C@@H](n2cnc3c(N)ncnc32)[C@@H](O)[C@@H]1OP(=O)(O)O)[C@@H](O)C(=O)NCCC(=O)NCCSC(=O)CC(=O)c1ccccc1. The quantitative estimate of drug-likeness (QED) is 0.0276. The van der Waals surface area contributed by atoms with Crippen LogP contribution < -0.4 is 16.4 Å². The summed E-state index contributed by atoms with van der Waals surface area (Å²) in [6.45, 7) is 0.255. The Labute approximate surface area is 338 Å². The number of phosphoric ester groups is 3. The number of aromatic nitrogens is 4. The molecule has 10 N–H and O–H groups in total. The topological polar surface area (TPSA) is 381 Å². The second-order valence-electron chi connectivity index (χ2n) is 13.3. The number of anilines is 1. The van der Waals surface area contributed by atoms with Gasteiger partial charge in [-0.3, -0.25) is 37.3 Å². The number of imidazole rings is 1. The Kier molecular flexibility index (Phi) is 16.6. The molecule has 2 aromatic heterocycles. The predicted molar refractivity (Wildman–Crippen MR) is 202 cm³/mol. The van der Waals surface area contributed by atoms with Gasteiger partial charge in [0.15, 0.2) is 28.6 Å². The molecule has 1 aliphatic rings. The van der Waals surface area contributed by atoms with Crippen molar-refractivity contribution in [2.24, 2.45) is 5.41 Å². The number of hydrogen-bond acceptors (Lipinski definition) is 19. The highest BCUT2D eigenvalue weighted by atomic mass is 32.2. The van der Waals surface area contributed by atoms with Crippen molar-refractivity contribution in [1.29, 1.82) is 0 Å². The molecule has 0 bridgehead atoms. The zero-order valence-corrected chi connectivity index (χ0v) is 34.6. The molecule has 1 aliphatic heterocycles. The molecule has 1 fully saturated rings. The normalized spacial score (nSPS) is 21.0. The molecular weight excluding hydrogens is 871 g/mol. The Morgan fingerprint density at radius 2 is 1.68 bits per heavy atom. The third kappa shape index (κ3) is 14.3. The number of hydrogen-bond donors (Lipinski definition) is 9. The number of carbonyl (C=O) groups excluding carboxylic acids is 4. The third-order valence-corrected chi connectivity index (χ3v) is 12.1. The summed E-state index contributed by atoms with van der Waals surface area (Å²) in [5.74, 6) is -1.70. The van der Waals surface area contributed by atoms with Gasteiger partial charge < -0.3 is 50.9 Å². The summed E-state index contributed by atoms with van der Waals surface area (Å²) in [6, 6.07) is 8.29. The molecule has 326 valence electrons. The van der Waals surface area contributed by atoms with E-state index in [1.54, 1.807) is 30.3 Å². The summed E-state index contributed by atoms with van der Waals surface area (Å²) in [5.41, 5.74) is 4.63. The van der Waals surface area contributed by atoms with Gasteiger partial charge in [-0.1, -0.05) is 55.9 Å². The number of nitrogens with one attached hydrogen (secondary N) is 2. The standard InChI is InChI=1S/C30H42N7O18P3S/c1-30(2,25(42)28(43)33-9-8-20(39)32-10-11-59-21(40)12-18(38)17-6-4-3-5-7-17)14-52-58(49,50)55-57(47,48)51-13-19-24(54-56(44,45)46)23(41)29(53-19)37-16-36-22-26(31)34-15-35-27(22)37/h3-7,15-16,19,23-25,29,41-42H,8-14H2,1-2H3,(H,32,39)(H,33,43)(H,47,48)(H,49,50)(H2,31,34,35)(H2,44,45,46)/t19-,23+,24-,25+,29-/m1/s1. The first-order valence-corrected chi connectivity index (χ1v) is 22.6. The number of amides is 2. The molecule has 0 aliphatic carbocycles. The first-order valence-electron chi connectivity index (χ1n) is 17.1. The van der Waals surface area contributed by atoms with Crippen LogP contribution in [-0.4, -0.2) is 128 Å². The number of carbonyl (C=O) groups is 4. The maximum absolute atomic E-state index is 12.7. The molecule has 0 radical (unpaired) electrons. The average Bonchev–Trinajstić information content (AvgIpc) is 3.71. The highest BCUT2D eigenvalue weighted by molar-refractivity contribution is 8.13. The summed E-state index contributed by atoms with van der Waals surface area (Å²) >= 11 is 0.872. The summed E-state index contributed by atoms with van der Waals surface area (Å²) in [5, 5.41) is 25.9. The lowest BCUT2D eigenvalue weighted by Gasteiger charge is -2.30. The highest BCUT2D eigenvalue weighted by Gasteiger charge is 2.50. The van der Waals surface area contributed by atoms with Crippen LogP contribution in [-0.2, 0) is 50.7 Å². The van der Waals surface area contributed by atoms with Gasteiger partial charge in [0, 0.05) is 36.2 Å². The zero-order valence-electron chi connectivity index (χ0n) is 31.1. The number of nitrogens with two attached hydrogens (primary N) is 1. The van der Waals surface area contributed by atoms with Crippen molar-refractivity contribution in [3.8, 4) is 0 Å². The van der Waals surface area contributed by atoms with E-state index in [0.717, 1.165) is 29.0 Å².